The van der Waals surface area contributed by atoms with Gasteiger partial charge in [-0.1, -0.05) is 64.8 Å². The number of carboxylic acid groups (broad SMARTS) is 1. The topological polar surface area (TPSA) is 77.4 Å². The molecule has 0 aliphatic rings. The fraction of sp³-hybridized carbons (Fsp3) is 0.200. The quantitative estimate of drug-likeness (QED) is 0.374. The van der Waals surface area contributed by atoms with E-state index >= 15 is 0 Å². The van der Waals surface area contributed by atoms with Gasteiger partial charge in [0, 0.05) is 11.6 Å². The highest BCUT2D eigenvalue weighted by molar-refractivity contribution is 5.80. The number of rotatable bonds is 10. The zero-order valence-electron chi connectivity index (χ0n) is 17.6. The first-order chi connectivity index (χ1) is 15.0. The molecule has 0 fully saturated rings. The molecule has 3 rings (SSSR count). The summed E-state index contributed by atoms with van der Waals surface area (Å²) in [5, 5.41) is 12.4. The number of hydrogen-bond donors (Lipinski definition) is 1. The van der Waals surface area contributed by atoms with Crippen LogP contribution in [0.25, 0.3) is 0 Å². The molecule has 0 aliphatic heterocycles. The normalized spacial score (nSPS) is 10.8. The molecule has 0 aliphatic carbocycles. The first-order valence-electron chi connectivity index (χ1n) is 9.87. The highest BCUT2D eigenvalue weighted by Gasteiger charge is 2.05. The second kappa shape index (κ2) is 10.8. The molecule has 0 radical (unpaired) electrons. The van der Waals surface area contributed by atoms with Crippen molar-refractivity contribution in [2.75, 3.05) is 6.61 Å². The number of nitrogens with zero attached hydrogens (tertiary/aromatic N) is 1. The van der Waals surface area contributed by atoms with Gasteiger partial charge in [0.1, 0.15) is 24.7 Å². The number of aryl methyl sites for hydroxylation is 2. The van der Waals surface area contributed by atoms with Crippen LogP contribution in [0.2, 0.25) is 0 Å². The van der Waals surface area contributed by atoms with Crippen LogP contribution in [0.4, 0.5) is 0 Å². The minimum absolute atomic E-state index is 0.411. The lowest BCUT2D eigenvalue weighted by atomic mass is 10.1. The average molecular weight is 419 g/mol. The zero-order valence-corrected chi connectivity index (χ0v) is 17.6. The molecule has 160 valence electrons. The van der Waals surface area contributed by atoms with Gasteiger partial charge in [0.05, 0.1) is 6.21 Å². The molecule has 0 saturated carbocycles. The van der Waals surface area contributed by atoms with Crippen molar-refractivity contribution in [2.45, 2.75) is 27.1 Å². The molecular weight excluding hydrogens is 394 g/mol. The highest BCUT2D eigenvalue weighted by Crippen LogP contribution is 2.24. The van der Waals surface area contributed by atoms with Gasteiger partial charge < -0.3 is 19.4 Å². The van der Waals surface area contributed by atoms with E-state index in [0.29, 0.717) is 30.3 Å². The molecule has 0 aromatic heterocycles. The first kappa shape index (κ1) is 21.9. The van der Waals surface area contributed by atoms with E-state index in [2.05, 4.69) is 5.16 Å². The third kappa shape index (κ3) is 7.51. The Morgan fingerprint density at radius 2 is 1.32 bits per heavy atom. The Labute approximate surface area is 181 Å². The molecule has 3 aromatic rings. The smallest absolute Gasteiger partial charge is 0.344 e. The summed E-state index contributed by atoms with van der Waals surface area (Å²) in [6.07, 6.45) is 1.43. The maximum absolute atomic E-state index is 10.6. The van der Waals surface area contributed by atoms with Gasteiger partial charge in [-0.3, -0.25) is 0 Å². The molecule has 31 heavy (non-hydrogen) atoms. The van der Waals surface area contributed by atoms with Crippen LogP contribution in [0.5, 0.6) is 11.5 Å². The summed E-state index contributed by atoms with van der Waals surface area (Å²) in [4.78, 5) is 15.3. The second-order valence-electron chi connectivity index (χ2n) is 7.19. The van der Waals surface area contributed by atoms with Crippen molar-refractivity contribution < 1.29 is 24.2 Å². The van der Waals surface area contributed by atoms with Crippen LogP contribution in [0.15, 0.2) is 71.9 Å². The molecule has 0 spiro atoms. The summed E-state index contributed by atoms with van der Waals surface area (Å²) < 4.78 is 11.9. The molecule has 0 amide bonds. The fourth-order valence-electron chi connectivity index (χ4n) is 2.73. The van der Waals surface area contributed by atoms with Gasteiger partial charge in [-0.15, -0.1) is 0 Å². The van der Waals surface area contributed by atoms with E-state index in [1.165, 1.54) is 17.3 Å². The predicted molar refractivity (Wildman–Crippen MR) is 119 cm³/mol. The van der Waals surface area contributed by atoms with Crippen molar-refractivity contribution in [1.29, 1.82) is 0 Å². The van der Waals surface area contributed by atoms with E-state index in [4.69, 9.17) is 19.4 Å². The summed E-state index contributed by atoms with van der Waals surface area (Å²) in [5.74, 6) is 0.137. The van der Waals surface area contributed by atoms with Gasteiger partial charge in [0.2, 0.25) is 6.61 Å². The summed E-state index contributed by atoms with van der Waals surface area (Å²) in [6, 6.07) is 21.7. The molecule has 0 unspecified atom stereocenters. The largest absolute Gasteiger partial charge is 0.489 e. The standard InChI is InChI=1S/C25H25NO5/c1-18-3-7-20(8-4-18)15-29-23-11-22(14-26-31-17-25(27)28)12-24(13-23)30-16-21-9-5-19(2)6-10-21/h3-14H,15-17H2,1-2H3,(H,27,28)/b26-14-. The van der Waals surface area contributed by atoms with Crippen molar-refractivity contribution >= 4 is 12.2 Å². The van der Waals surface area contributed by atoms with Crippen molar-refractivity contribution in [3.63, 3.8) is 0 Å². The summed E-state index contributed by atoms with van der Waals surface area (Å²) in [6.45, 7) is 4.40. The van der Waals surface area contributed by atoms with E-state index in [0.717, 1.165) is 11.1 Å². The van der Waals surface area contributed by atoms with Crippen LogP contribution >= 0.6 is 0 Å². The number of ether oxygens (including phenoxy) is 2. The second-order valence-corrected chi connectivity index (χ2v) is 7.19. The highest BCUT2D eigenvalue weighted by atomic mass is 16.6. The van der Waals surface area contributed by atoms with Gasteiger partial charge >= 0.3 is 5.97 Å². The Hall–Kier alpha value is -3.80. The van der Waals surface area contributed by atoms with E-state index in [9.17, 15) is 4.79 Å². The van der Waals surface area contributed by atoms with E-state index in [1.54, 1.807) is 12.1 Å². The van der Waals surface area contributed by atoms with Gasteiger partial charge in [0.15, 0.2) is 0 Å². The molecular formula is C25H25NO5. The molecule has 0 bridgehead atoms. The Balaban J connectivity index is 1.72. The fourth-order valence-corrected chi connectivity index (χ4v) is 2.73. The van der Waals surface area contributed by atoms with Crippen molar-refractivity contribution in [2.24, 2.45) is 5.16 Å². The van der Waals surface area contributed by atoms with Crippen LogP contribution in [-0.4, -0.2) is 23.9 Å². The first-order valence-corrected chi connectivity index (χ1v) is 9.87. The Morgan fingerprint density at radius 3 is 1.77 bits per heavy atom. The Morgan fingerprint density at radius 1 is 0.839 bits per heavy atom. The van der Waals surface area contributed by atoms with E-state index in [1.807, 2.05) is 68.4 Å². The lowest BCUT2D eigenvalue weighted by Crippen LogP contribution is -2.03. The summed E-state index contributed by atoms with van der Waals surface area (Å²) in [5.41, 5.74) is 5.16. The molecule has 6 heteroatoms. The zero-order chi connectivity index (χ0) is 22.1. The van der Waals surface area contributed by atoms with Crippen LogP contribution in [0.3, 0.4) is 0 Å². The molecule has 0 saturated heterocycles. The number of carboxylic acids is 1. The van der Waals surface area contributed by atoms with Crippen LogP contribution in [0, 0.1) is 13.8 Å². The van der Waals surface area contributed by atoms with Crippen molar-refractivity contribution in [3.8, 4) is 11.5 Å². The Bertz CT molecular complexity index is 959. The number of hydrogen-bond acceptors (Lipinski definition) is 5. The SMILES string of the molecule is Cc1ccc(COc2cc(/C=N\OCC(=O)O)cc(OCc3ccc(C)cc3)c2)cc1. The average Bonchev–Trinajstić information content (AvgIpc) is 2.76. The number of oxime groups is 1. The van der Waals surface area contributed by atoms with Crippen molar-refractivity contribution in [3.05, 3.63) is 94.5 Å². The van der Waals surface area contributed by atoms with Gasteiger partial charge in [-0.05, 0) is 37.1 Å². The molecule has 6 nitrogen and oxygen atoms in total. The molecule has 0 heterocycles. The number of benzene rings is 3. The monoisotopic (exact) mass is 419 g/mol. The maximum Gasteiger partial charge on any atom is 0.344 e. The van der Waals surface area contributed by atoms with Crippen LogP contribution in [0.1, 0.15) is 27.8 Å². The lowest BCUT2D eigenvalue weighted by Gasteiger charge is -2.12. The lowest BCUT2D eigenvalue weighted by molar-refractivity contribution is -0.142. The summed E-state index contributed by atoms with van der Waals surface area (Å²) in [7, 11) is 0. The molecule has 3 aromatic carbocycles. The van der Waals surface area contributed by atoms with E-state index in [-0.39, 0.29) is 0 Å². The number of aliphatic carboxylic acids is 1. The molecule has 0 atom stereocenters. The predicted octanol–water partition coefficient (Wildman–Crippen LogP) is 4.90. The van der Waals surface area contributed by atoms with Crippen molar-refractivity contribution in [1.82, 2.24) is 0 Å². The third-order valence-corrected chi connectivity index (χ3v) is 4.42. The van der Waals surface area contributed by atoms with Gasteiger partial charge in [-0.2, -0.15) is 0 Å². The van der Waals surface area contributed by atoms with Crippen LogP contribution in [-0.2, 0) is 22.8 Å². The number of carbonyl (C=O) groups is 1. The Kier molecular flexibility index (Phi) is 7.65. The third-order valence-electron chi connectivity index (χ3n) is 4.42. The van der Waals surface area contributed by atoms with Gasteiger partial charge in [0.25, 0.3) is 0 Å². The molecule has 1 N–H and O–H groups in total. The van der Waals surface area contributed by atoms with Gasteiger partial charge in [-0.25, -0.2) is 4.79 Å². The maximum atomic E-state index is 10.6. The summed E-state index contributed by atoms with van der Waals surface area (Å²) >= 11 is 0. The van der Waals surface area contributed by atoms with Crippen LogP contribution < -0.4 is 9.47 Å². The minimum Gasteiger partial charge on any atom is -0.489 e. The van der Waals surface area contributed by atoms with E-state index < -0.39 is 12.6 Å². The minimum atomic E-state index is -1.09.